The first kappa shape index (κ1) is 13.3. The van der Waals surface area contributed by atoms with Gasteiger partial charge in [-0.2, -0.15) is 0 Å². The topological polar surface area (TPSA) is 42.0 Å². The maximum absolute atomic E-state index is 11.9. The lowest BCUT2D eigenvalue weighted by Crippen LogP contribution is -2.25. The molecule has 1 aliphatic rings. The zero-order valence-electron chi connectivity index (χ0n) is 10.7. The van der Waals surface area contributed by atoms with Crippen molar-refractivity contribution in [3.05, 3.63) is 28.5 Å². The molecule has 3 nitrogen and oxygen atoms in total. The van der Waals surface area contributed by atoms with Crippen LogP contribution in [0.2, 0.25) is 5.15 Å². The number of halogens is 1. The summed E-state index contributed by atoms with van der Waals surface area (Å²) in [4.78, 5) is 16.0. The van der Waals surface area contributed by atoms with Crippen molar-refractivity contribution in [2.24, 2.45) is 5.92 Å². The Morgan fingerprint density at radius 3 is 2.83 bits per heavy atom. The summed E-state index contributed by atoms with van der Waals surface area (Å²) in [6, 6.07) is 3.37. The average Bonchev–Trinajstić information content (AvgIpc) is 2.80. The van der Waals surface area contributed by atoms with Gasteiger partial charge in [0.05, 0.1) is 0 Å². The number of nitrogens with zero attached hydrogens (tertiary/aromatic N) is 1. The SMILES string of the molecule is Cc1cc(C(=O)NCCC2CCCC2)cc(Cl)n1. The summed E-state index contributed by atoms with van der Waals surface area (Å²) in [5.41, 5.74) is 1.36. The van der Waals surface area contributed by atoms with Gasteiger partial charge in [-0.15, -0.1) is 0 Å². The maximum Gasteiger partial charge on any atom is 0.251 e. The highest BCUT2D eigenvalue weighted by Crippen LogP contribution is 2.26. The van der Waals surface area contributed by atoms with Gasteiger partial charge in [0.2, 0.25) is 0 Å². The second-order valence-electron chi connectivity index (χ2n) is 5.01. The van der Waals surface area contributed by atoms with E-state index in [4.69, 9.17) is 11.6 Å². The lowest BCUT2D eigenvalue weighted by Gasteiger charge is -2.10. The van der Waals surface area contributed by atoms with E-state index in [9.17, 15) is 4.79 Å². The second-order valence-corrected chi connectivity index (χ2v) is 5.40. The first-order valence-corrected chi connectivity index (χ1v) is 6.95. The van der Waals surface area contributed by atoms with Crippen LogP contribution in [0.15, 0.2) is 12.1 Å². The van der Waals surface area contributed by atoms with Crippen LogP contribution < -0.4 is 5.32 Å². The number of hydrogen-bond acceptors (Lipinski definition) is 2. The molecule has 1 fully saturated rings. The number of aryl methyl sites for hydroxylation is 1. The van der Waals surface area contributed by atoms with Gasteiger partial charge in [0.15, 0.2) is 0 Å². The van der Waals surface area contributed by atoms with Gasteiger partial charge in [0, 0.05) is 17.8 Å². The molecule has 0 saturated heterocycles. The molecule has 2 rings (SSSR count). The highest BCUT2D eigenvalue weighted by atomic mass is 35.5. The number of pyridine rings is 1. The van der Waals surface area contributed by atoms with Gasteiger partial charge >= 0.3 is 0 Å². The Labute approximate surface area is 113 Å². The van der Waals surface area contributed by atoms with Crippen LogP contribution in [0.4, 0.5) is 0 Å². The largest absolute Gasteiger partial charge is 0.352 e. The molecule has 0 bridgehead atoms. The molecule has 1 heterocycles. The van der Waals surface area contributed by atoms with Crippen molar-refractivity contribution in [2.75, 3.05) is 6.54 Å². The fourth-order valence-electron chi connectivity index (χ4n) is 2.55. The minimum absolute atomic E-state index is 0.0552. The first-order valence-electron chi connectivity index (χ1n) is 6.57. The van der Waals surface area contributed by atoms with E-state index in [0.717, 1.165) is 24.6 Å². The molecule has 18 heavy (non-hydrogen) atoms. The molecule has 1 aromatic rings. The van der Waals surface area contributed by atoms with E-state index >= 15 is 0 Å². The molecule has 1 saturated carbocycles. The molecule has 0 radical (unpaired) electrons. The van der Waals surface area contributed by atoms with Gasteiger partial charge in [-0.05, 0) is 31.4 Å². The van der Waals surface area contributed by atoms with Gasteiger partial charge in [-0.1, -0.05) is 37.3 Å². The molecule has 1 aromatic heterocycles. The molecule has 1 amide bonds. The molecule has 1 N–H and O–H groups in total. The van der Waals surface area contributed by atoms with Crippen molar-refractivity contribution < 1.29 is 4.79 Å². The lowest BCUT2D eigenvalue weighted by molar-refractivity contribution is 0.0951. The predicted molar refractivity (Wildman–Crippen MR) is 72.9 cm³/mol. The van der Waals surface area contributed by atoms with Crippen LogP contribution in [-0.2, 0) is 0 Å². The Balaban J connectivity index is 1.83. The van der Waals surface area contributed by atoms with Crippen molar-refractivity contribution in [3.8, 4) is 0 Å². The second kappa shape index (κ2) is 6.19. The van der Waals surface area contributed by atoms with Crippen molar-refractivity contribution in [1.82, 2.24) is 10.3 Å². The van der Waals surface area contributed by atoms with Crippen LogP contribution in [0.3, 0.4) is 0 Å². The quantitative estimate of drug-likeness (QED) is 0.849. The van der Waals surface area contributed by atoms with Gasteiger partial charge in [0.25, 0.3) is 5.91 Å². The molecule has 0 spiro atoms. The van der Waals surface area contributed by atoms with E-state index in [-0.39, 0.29) is 5.91 Å². The third kappa shape index (κ3) is 3.70. The van der Waals surface area contributed by atoms with Gasteiger partial charge < -0.3 is 5.32 Å². The zero-order valence-corrected chi connectivity index (χ0v) is 11.5. The Morgan fingerprint density at radius 1 is 1.44 bits per heavy atom. The number of nitrogens with one attached hydrogen (secondary N) is 1. The van der Waals surface area contributed by atoms with E-state index < -0.39 is 0 Å². The standard InChI is InChI=1S/C14H19ClN2O/c1-10-8-12(9-13(15)17-10)14(18)16-7-6-11-4-2-3-5-11/h8-9,11H,2-7H2,1H3,(H,16,18). The van der Waals surface area contributed by atoms with Crippen LogP contribution >= 0.6 is 11.6 Å². The van der Waals surface area contributed by atoms with E-state index in [1.165, 1.54) is 25.7 Å². The van der Waals surface area contributed by atoms with Crippen molar-refractivity contribution >= 4 is 17.5 Å². The van der Waals surface area contributed by atoms with Crippen LogP contribution in [-0.4, -0.2) is 17.4 Å². The monoisotopic (exact) mass is 266 g/mol. The van der Waals surface area contributed by atoms with Crippen molar-refractivity contribution in [1.29, 1.82) is 0 Å². The highest BCUT2D eigenvalue weighted by molar-refractivity contribution is 6.29. The molecule has 0 aromatic carbocycles. The number of aromatic nitrogens is 1. The number of carbonyl (C=O) groups is 1. The van der Waals surface area contributed by atoms with Gasteiger partial charge in [0.1, 0.15) is 5.15 Å². The Morgan fingerprint density at radius 2 is 2.17 bits per heavy atom. The van der Waals surface area contributed by atoms with E-state index in [0.29, 0.717) is 10.7 Å². The number of amides is 1. The lowest BCUT2D eigenvalue weighted by atomic mass is 10.0. The number of hydrogen-bond donors (Lipinski definition) is 1. The minimum Gasteiger partial charge on any atom is -0.352 e. The average molecular weight is 267 g/mol. The third-order valence-electron chi connectivity index (χ3n) is 3.50. The molecule has 0 atom stereocenters. The van der Waals surface area contributed by atoms with Crippen molar-refractivity contribution in [3.63, 3.8) is 0 Å². The van der Waals surface area contributed by atoms with Crippen LogP contribution in [0.25, 0.3) is 0 Å². The fourth-order valence-corrected chi connectivity index (χ4v) is 2.80. The molecule has 4 heteroatoms. The van der Waals surface area contributed by atoms with Gasteiger partial charge in [-0.3, -0.25) is 4.79 Å². The summed E-state index contributed by atoms with van der Waals surface area (Å²) in [6.07, 6.45) is 6.41. The van der Waals surface area contributed by atoms with Crippen LogP contribution in [0.5, 0.6) is 0 Å². The van der Waals surface area contributed by atoms with Gasteiger partial charge in [-0.25, -0.2) is 4.98 Å². The minimum atomic E-state index is -0.0552. The van der Waals surface area contributed by atoms with Crippen LogP contribution in [0.1, 0.15) is 48.2 Å². The summed E-state index contributed by atoms with van der Waals surface area (Å²) in [7, 11) is 0. The van der Waals surface area contributed by atoms with E-state index in [1.807, 2.05) is 6.92 Å². The molecule has 98 valence electrons. The molecule has 0 unspecified atom stereocenters. The molecular formula is C14H19ClN2O. The third-order valence-corrected chi connectivity index (χ3v) is 3.69. The number of rotatable bonds is 4. The summed E-state index contributed by atoms with van der Waals surface area (Å²) < 4.78 is 0. The molecule has 0 aliphatic heterocycles. The van der Waals surface area contributed by atoms with E-state index in [1.54, 1.807) is 12.1 Å². The van der Waals surface area contributed by atoms with E-state index in [2.05, 4.69) is 10.3 Å². The highest BCUT2D eigenvalue weighted by Gasteiger charge is 2.15. The summed E-state index contributed by atoms with van der Waals surface area (Å²) in [5, 5.41) is 3.33. The predicted octanol–water partition coefficient (Wildman–Crippen LogP) is 3.35. The van der Waals surface area contributed by atoms with Crippen LogP contribution in [0, 0.1) is 12.8 Å². The zero-order chi connectivity index (χ0) is 13.0. The van der Waals surface area contributed by atoms with Crippen molar-refractivity contribution in [2.45, 2.75) is 39.0 Å². The molecular weight excluding hydrogens is 248 g/mol. The summed E-state index contributed by atoms with van der Waals surface area (Å²) in [6.45, 7) is 2.59. The summed E-state index contributed by atoms with van der Waals surface area (Å²) in [5.74, 6) is 0.744. The Hall–Kier alpha value is -1.09. The fraction of sp³-hybridized carbons (Fsp3) is 0.571. The Bertz CT molecular complexity index is 408. The summed E-state index contributed by atoms with van der Waals surface area (Å²) >= 11 is 5.84. The molecule has 1 aliphatic carbocycles. The number of carbonyl (C=O) groups excluding carboxylic acids is 1. The Kier molecular flexibility index (Phi) is 4.59. The smallest absolute Gasteiger partial charge is 0.251 e. The normalized spacial score (nSPS) is 15.9. The maximum atomic E-state index is 11.9. The first-order chi connectivity index (χ1) is 8.65.